The molecule has 0 fully saturated rings. The molecule has 0 atom stereocenters. The monoisotopic (exact) mass is 606 g/mol. The molecule has 0 saturated carbocycles. The Morgan fingerprint density at radius 2 is 1.70 bits per heavy atom. The van der Waals surface area contributed by atoms with Crippen molar-refractivity contribution in [3.05, 3.63) is 85.0 Å². The third-order valence-corrected chi connectivity index (χ3v) is 7.51. The van der Waals surface area contributed by atoms with E-state index in [1.54, 1.807) is 68.1 Å². The minimum absolute atomic E-state index is 0.0944. The van der Waals surface area contributed by atoms with Crippen molar-refractivity contribution in [1.29, 1.82) is 0 Å². The van der Waals surface area contributed by atoms with Crippen molar-refractivity contribution in [2.45, 2.75) is 33.3 Å². The van der Waals surface area contributed by atoms with E-state index in [1.807, 2.05) is 0 Å². The summed E-state index contributed by atoms with van der Waals surface area (Å²) in [5.41, 5.74) is 2.86. The number of nitrogens with one attached hydrogen (secondary N) is 2. The molecule has 3 heterocycles. The maximum Gasteiger partial charge on any atom is 0.413 e. The Morgan fingerprint density at radius 3 is 2.37 bits per heavy atom. The van der Waals surface area contributed by atoms with Crippen LogP contribution in [0.2, 0.25) is 0 Å². The highest BCUT2D eigenvalue weighted by Crippen LogP contribution is 2.31. The topological polar surface area (TPSA) is 128 Å². The van der Waals surface area contributed by atoms with Crippen LogP contribution in [0, 0.1) is 11.6 Å². The van der Waals surface area contributed by atoms with E-state index in [-0.39, 0.29) is 17.0 Å². The van der Waals surface area contributed by atoms with Gasteiger partial charge in [-0.05, 0) is 81.8 Å². The van der Waals surface area contributed by atoms with Crippen molar-refractivity contribution in [1.82, 2.24) is 19.5 Å². The number of carbonyl (C=O) groups excluding carboxylic acids is 1. The number of aromatic nitrogens is 4. The minimum atomic E-state index is -3.65. The van der Waals surface area contributed by atoms with Gasteiger partial charge in [-0.25, -0.2) is 36.9 Å². The Kier molecular flexibility index (Phi) is 7.84. The van der Waals surface area contributed by atoms with Crippen molar-refractivity contribution >= 4 is 38.8 Å². The van der Waals surface area contributed by atoms with Gasteiger partial charge in [0.15, 0.2) is 5.65 Å². The van der Waals surface area contributed by atoms with Crippen LogP contribution in [0.15, 0.2) is 73.3 Å². The second-order valence-corrected chi connectivity index (χ2v) is 12.6. The normalized spacial score (nSPS) is 11.9. The predicted octanol–water partition coefficient (Wildman–Crippen LogP) is 6.54. The molecule has 10 nitrogen and oxygen atoms in total. The van der Waals surface area contributed by atoms with Crippen LogP contribution >= 0.6 is 0 Å². The third kappa shape index (κ3) is 6.95. The summed E-state index contributed by atoms with van der Waals surface area (Å²) in [7, 11) is -3.65. The lowest BCUT2D eigenvalue weighted by Gasteiger charge is -2.19. The van der Waals surface area contributed by atoms with E-state index in [9.17, 15) is 22.0 Å². The average molecular weight is 607 g/mol. The summed E-state index contributed by atoms with van der Waals surface area (Å²) < 4.78 is 62.4. The number of ether oxygens (including phenoxy) is 1. The number of halogens is 2. The number of carbonyl (C=O) groups is 1. The maximum absolute atomic E-state index is 14.7. The first-order valence-electron chi connectivity index (χ1n) is 13.2. The van der Waals surface area contributed by atoms with Crippen molar-refractivity contribution in [2.75, 3.05) is 15.8 Å². The Morgan fingerprint density at radius 1 is 0.930 bits per heavy atom. The molecule has 5 rings (SSSR count). The molecule has 13 heteroatoms. The molecule has 222 valence electrons. The van der Waals surface area contributed by atoms with E-state index in [4.69, 9.17) is 4.74 Å². The number of rotatable bonds is 7. The van der Waals surface area contributed by atoms with Gasteiger partial charge in [0, 0.05) is 35.2 Å². The van der Waals surface area contributed by atoms with Crippen LogP contribution in [0.4, 0.5) is 25.1 Å². The SMILES string of the molecule is CCS(=O)(=O)Nc1cc(-c2ccc(F)cc2F)cc(-n2cnc3cc(-c4ccc(NC(=O)OC(C)(C)C)nc4)cnc32)c1. The Balaban J connectivity index is 1.49. The summed E-state index contributed by atoms with van der Waals surface area (Å²) in [6.07, 6.45) is 4.12. The number of imidazole rings is 1. The Labute approximate surface area is 246 Å². The van der Waals surface area contributed by atoms with Crippen LogP contribution in [-0.2, 0) is 14.8 Å². The summed E-state index contributed by atoms with van der Waals surface area (Å²) in [6, 6.07) is 13.1. The van der Waals surface area contributed by atoms with E-state index >= 15 is 0 Å². The fraction of sp³-hybridized carbons (Fsp3) is 0.200. The van der Waals surface area contributed by atoms with E-state index in [0.29, 0.717) is 33.8 Å². The van der Waals surface area contributed by atoms with E-state index in [1.165, 1.54) is 25.4 Å². The van der Waals surface area contributed by atoms with Gasteiger partial charge in [-0.2, -0.15) is 0 Å². The first kappa shape index (κ1) is 29.6. The van der Waals surface area contributed by atoms with Crippen LogP contribution < -0.4 is 10.0 Å². The summed E-state index contributed by atoms with van der Waals surface area (Å²) in [5.74, 6) is -1.36. The summed E-state index contributed by atoms with van der Waals surface area (Å²) >= 11 is 0. The molecular formula is C30H28F2N6O4S. The highest BCUT2D eigenvalue weighted by atomic mass is 32.2. The number of anilines is 2. The maximum atomic E-state index is 14.7. The summed E-state index contributed by atoms with van der Waals surface area (Å²) in [4.78, 5) is 25.3. The van der Waals surface area contributed by atoms with Gasteiger partial charge in [-0.1, -0.05) is 0 Å². The van der Waals surface area contributed by atoms with Gasteiger partial charge in [0.05, 0.1) is 17.1 Å². The van der Waals surface area contributed by atoms with E-state index < -0.39 is 33.4 Å². The lowest BCUT2D eigenvalue weighted by molar-refractivity contribution is 0.0635. The number of hydrogen-bond donors (Lipinski definition) is 2. The molecule has 3 aromatic heterocycles. The van der Waals surface area contributed by atoms with Crippen LogP contribution in [0.5, 0.6) is 0 Å². The smallest absolute Gasteiger partial charge is 0.413 e. The number of fused-ring (bicyclic) bond motifs is 1. The lowest BCUT2D eigenvalue weighted by Crippen LogP contribution is -2.27. The molecule has 2 aromatic carbocycles. The zero-order chi connectivity index (χ0) is 30.9. The first-order valence-corrected chi connectivity index (χ1v) is 14.9. The molecule has 0 radical (unpaired) electrons. The number of pyridine rings is 2. The van der Waals surface area contributed by atoms with Gasteiger partial charge in [0.1, 0.15) is 34.9 Å². The Hall–Kier alpha value is -4.91. The number of nitrogens with zero attached hydrogens (tertiary/aromatic N) is 4. The lowest BCUT2D eigenvalue weighted by atomic mass is 10.0. The Bertz CT molecular complexity index is 1940. The predicted molar refractivity (Wildman–Crippen MR) is 160 cm³/mol. The molecule has 43 heavy (non-hydrogen) atoms. The van der Waals surface area contributed by atoms with Crippen LogP contribution in [0.1, 0.15) is 27.7 Å². The highest BCUT2D eigenvalue weighted by molar-refractivity contribution is 7.92. The summed E-state index contributed by atoms with van der Waals surface area (Å²) in [6.45, 7) is 6.80. The second-order valence-electron chi connectivity index (χ2n) is 10.6. The molecule has 0 unspecified atom stereocenters. The number of amides is 1. The van der Waals surface area contributed by atoms with Crippen molar-refractivity contribution in [3.8, 4) is 27.9 Å². The quantitative estimate of drug-likeness (QED) is 0.215. The zero-order valence-corrected chi connectivity index (χ0v) is 24.5. The second kappa shape index (κ2) is 11.4. The van der Waals surface area contributed by atoms with Gasteiger partial charge >= 0.3 is 6.09 Å². The highest BCUT2D eigenvalue weighted by Gasteiger charge is 2.18. The van der Waals surface area contributed by atoms with Gasteiger partial charge < -0.3 is 4.74 Å². The fourth-order valence-electron chi connectivity index (χ4n) is 4.23. The minimum Gasteiger partial charge on any atom is -0.444 e. The van der Waals surface area contributed by atoms with Crippen LogP contribution in [-0.4, -0.2) is 45.4 Å². The molecular weight excluding hydrogens is 578 g/mol. The van der Waals surface area contributed by atoms with Crippen LogP contribution in [0.3, 0.4) is 0 Å². The van der Waals surface area contributed by atoms with Crippen molar-refractivity contribution in [3.63, 3.8) is 0 Å². The molecule has 1 amide bonds. The standard InChI is InChI=1S/C30H28F2N6O4S/c1-5-43(40,41)37-22-10-19(24-8-7-21(31)13-25(24)32)11-23(14-22)38-17-35-26-12-20(16-34-28(26)38)18-6-9-27(33-15-18)36-29(39)42-30(2,3)4/h6-17,37H,5H2,1-4H3,(H,33,36,39). The van der Waals surface area contributed by atoms with Gasteiger partial charge in [-0.3, -0.25) is 14.6 Å². The number of hydrogen-bond acceptors (Lipinski definition) is 7. The fourth-order valence-corrected chi connectivity index (χ4v) is 4.86. The molecule has 0 aliphatic carbocycles. The molecule has 0 aliphatic heterocycles. The molecule has 0 spiro atoms. The average Bonchev–Trinajstić information content (AvgIpc) is 3.35. The molecule has 0 bridgehead atoms. The number of benzene rings is 2. The van der Waals surface area contributed by atoms with Crippen LogP contribution in [0.25, 0.3) is 39.1 Å². The largest absolute Gasteiger partial charge is 0.444 e. The van der Waals surface area contributed by atoms with E-state index in [2.05, 4.69) is 25.0 Å². The third-order valence-electron chi connectivity index (χ3n) is 6.21. The van der Waals surface area contributed by atoms with Crippen molar-refractivity contribution < 1.29 is 26.7 Å². The molecule has 0 aliphatic rings. The van der Waals surface area contributed by atoms with Crippen molar-refractivity contribution in [2.24, 2.45) is 0 Å². The molecule has 0 saturated heterocycles. The molecule has 5 aromatic rings. The first-order chi connectivity index (χ1) is 20.3. The van der Waals surface area contributed by atoms with Gasteiger partial charge in [0.25, 0.3) is 0 Å². The summed E-state index contributed by atoms with van der Waals surface area (Å²) in [5, 5.41) is 2.58. The molecule has 2 N–H and O–H groups in total. The van der Waals surface area contributed by atoms with E-state index in [0.717, 1.165) is 17.7 Å². The number of sulfonamides is 1. The van der Waals surface area contributed by atoms with Gasteiger partial charge in [0.2, 0.25) is 10.0 Å². The zero-order valence-electron chi connectivity index (χ0n) is 23.7. The van der Waals surface area contributed by atoms with Gasteiger partial charge in [-0.15, -0.1) is 0 Å².